The van der Waals surface area contributed by atoms with Crippen molar-refractivity contribution in [3.05, 3.63) is 0 Å². The van der Waals surface area contributed by atoms with E-state index in [1.165, 1.54) is 31.8 Å². The number of rotatable bonds is 3. The molecule has 0 unspecified atom stereocenters. The minimum Gasteiger partial charge on any atom is -0.184 e. The Balaban J connectivity index is 0.000000296. The second kappa shape index (κ2) is 10.6. The van der Waals surface area contributed by atoms with Crippen molar-refractivity contribution in [3.8, 4) is 0 Å². The first-order valence-corrected chi connectivity index (χ1v) is 8.07. The maximum atomic E-state index is 2.30. The van der Waals surface area contributed by atoms with Crippen LogP contribution in [0.4, 0.5) is 0 Å². The first-order chi connectivity index (χ1) is 7.80. The topological polar surface area (TPSA) is 0 Å². The fourth-order valence-corrected chi connectivity index (χ4v) is 3.68. The first kappa shape index (κ1) is 17.7. The molecule has 0 saturated carbocycles. The van der Waals surface area contributed by atoms with Crippen LogP contribution in [0.25, 0.3) is 0 Å². The van der Waals surface area contributed by atoms with Crippen LogP contribution in [0.2, 0.25) is 30.6 Å². The molecule has 2 aliphatic rings. The molecule has 0 aromatic carbocycles. The van der Waals surface area contributed by atoms with E-state index in [0.717, 1.165) is 11.6 Å². The van der Waals surface area contributed by atoms with Crippen LogP contribution < -0.4 is 18.9 Å². The quantitative estimate of drug-likeness (QED) is 0.644. The van der Waals surface area contributed by atoms with Gasteiger partial charge in [-0.25, -0.2) is 0 Å². The molecular weight excluding hydrogens is 197 g/mol. The molecule has 2 rings (SSSR count). The molecular formula is C14H31B2Li. The van der Waals surface area contributed by atoms with E-state index in [-0.39, 0.29) is 18.9 Å². The van der Waals surface area contributed by atoms with Gasteiger partial charge in [0.1, 0.15) is 7.28 Å². The van der Waals surface area contributed by atoms with Crippen LogP contribution in [-0.2, 0) is 0 Å². The minimum atomic E-state index is 0. The molecule has 0 spiro atoms. The van der Waals surface area contributed by atoms with Gasteiger partial charge in [0.25, 0.3) is 0 Å². The van der Waals surface area contributed by atoms with Crippen molar-refractivity contribution in [2.24, 2.45) is 0 Å². The van der Waals surface area contributed by atoms with E-state index >= 15 is 0 Å². The summed E-state index contributed by atoms with van der Waals surface area (Å²) in [7, 11) is 1.58. The van der Waals surface area contributed by atoms with Gasteiger partial charge in [-0.3, -0.25) is 0 Å². The molecule has 0 aromatic rings. The van der Waals surface area contributed by atoms with E-state index in [0.29, 0.717) is 6.71 Å². The smallest absolute Gasteiger partial charge is 0.184 e. The summed E-state index contributed by atoms with van der Waals surface area (Å²) in [5, 5.41) is 0. The average Bonchev–Trinajstić information content (AvgIpc) is 2.32. The molecule has 2 heterocycles. The predicted molar refractivity (Wildman–Crippen MR) is 80.9 cm³/mol. The molecule has 0 N–H and O–H groups in total. The minimum absolute atomic E-state index is 0. The Morgan fingerprint density at radius 3 is 1.35 bits per heavy atom. The zero-order chi connectivity index (χ0) is 11.8. The van der Waals surface area contributed by atoms with Crippen molar-refractivity contribution >= 4 is 14.0 Å². The maximum Gasteiger partial charge on any atom is 1.00 e. The molecule has 2 saturated heterocycles. The third-order valence-electron chi connectivity index (χ3n) is 5.24. The van der Waals surface area contributed by atoms with Crippen molar-refractivity contribution in [2.75, 3.05) is 0 Å². The van der Waals surface area contributed by atoms with E-state index in [1.54, 1.807) is 33.0 Å². The molecule has 0 radical (unpaired) electrons. The van der Waals surface area contributed by atoms with Gasteiger partial charge in [-0.15, -0.1) is 0 Å². The van der Waals surface area contributed by atoms with E-state index in [4.69, 9.17) is 0 Å². The van der Waals surface area contributed by atoms with Crippen molar-refractivity contribution in [1.82, 2.24) is 0 Å². The van der Waals surface area contributed by atoms with Gasteiger partial charge in [0, 0.05) is 0 Å². The Morgan fingerprint density at radius 2 is 1.18 bits per heavy atom. The summed E-state index contributed by atoms with van der Waals surface area (Å²) in [6, 6.07) is 0. The Labute approximate surface area is 123 Å². The number of fused-ring (bicyclic) bond motifs is 2. The van der Waals surface area contributed by atoms with E-state index in [9.17, 15) is 0 Å². The number of hydrogen-bond acceptors (Lipinski definition) is 0. The molecule has 0 nitrogen and oxygen atoms in total. The summed E-state index contributed by atoms with van der Waals surface area (Å²) in [6.07, 6.45) is 13.6. The predicted octanol–water partition coefficient (Wildman–Crippen LogP) is 1.64. The normalized spacial score (nSPS) is 26.4. The van der Waals surface area contributed by atoms with Crippen LogP contribution in [0.5, 0.6) is 0 Å². The molecule has 0 atom stereocenters. The third-order valence-corrected chi connectivity index (χ3v) is 5.24. The molecule has 0 amide bonds. The van der Waals surface area contributed by atoms with Gasteiger partial charge in [0.05, 0.1) is 0 Å². The molecule has 3 heteroatoms. The second-order valence-corrected chi connectivity index (χ2v) is 6.39. The van der Waals surface area contributed by atoms with Crippen LogP contribution in [0.15, 0.2) is 0 Å². The molecule has 17 heavy (non-hydrogen) atoms. The van der Waals surface area contributed by atoms with E-state index in [2.05, 4.69) is 20.8 Å². The Hall–Kier alpha value is 0.727. The Bertz CT molecular complexity index is 146. The van der Waals surface area contributed by atoms with Crippen LogP contribution >= 0.6 is 0 Å². The van der Waals surface area contributed by atoms with Gasteiger partial charge in [-0.1, -0.05) is 70.9 Å². The van der Waals surface area contributed by atoms with Crippen LogP contribution in [0, 0.1) is 0 Å². The summed E-state index contributed by atoms with van der Waals surface area (Å²) in [5.74, 6) is 2.30. The van der Waals surface area contributed by atoms with Gasteiger partial charge in [-0.2, -0.15) is 19.0 Å². The van der Waals surface area contributed by atoms with Gasteiger partial charge >= 0.3 is 18.9 Å². The van der Waals surface area contributed by atoms with Gasteiger partial charge in [0.15, 0.2) is 0 Å². The van der Waals surface area contributed by atoms with Crippen molar-refractivity contribution in [2.45, 2.75) is 89.9 Å². The zero-order valence-electron chi connectivity index (χ0n) is 12.9. The van der Waals surface area contributed by atoms with Crippen LogP contribution in [0.3, 0.4) is 0 Å². The maximum absolute atomic E-state index is 2.30. The fourth-order valence-electron chi connectivity index (χ4n) is 3.68. The number of hydrogen-bond donors (Lipinski definition) is 0. The van der Waals surface area contributed by atoms with Crippen LogP contribution in [0.1, 0.15) is 59.3 Å². The van der Waals surface area contributed by atoms with Crippen LogP contribution in [-0.4, -0.2) is 14.0 Å². The zero-order valence-corrected chi connectivity index (χ0v) is 12.9. The first-order valence-electron chi connectivity index (χ1n) is 8.07. The van der Waals surface area contributed by atoms with Crippen molar-refractivity contribution < 1.29 is 18.9 Å². The summed E-state index contributed by atoms with van der Waals surface area (Å²) >= 11 is 0. The average molecular weight is 228 g/mol. The fraction of sp³-hybridized carbons (Fsp3) is 1.00. The van der Waals surface area contributed by atoms with Gasteiger partial charge in [0.2, 0.25) is 0 Å². The van der Waals surface area contributed by atoms with Gasteiger partial charge in [-0.05, 0) is 6.71 Å². The van der Waals surface area contributed by atoms with E-state index in [1.807, 2.05) is 0 Å². The largest absolute Gasteiger partial charge is 1.00 e. The Kier molecular flexibility index (Phi) is 11.1. The third kappa shape index (κ3) is 7.02. The molecule has 2 fully saturated rings. The molecule has 2 aliphatic heterocycles. The molecule has 94 valence electrons. The molecule has 0 aliphatic carbocycles. The summed E-state index contributed by atoms with van der Waals surface area (Å²) in [4.78, 5) is 0. The van der Waals surface area contributed by atoms with Crippen molar-refractivity contribution in [3.63, 3.8) is 0 Å². The summed E-state index contributed by atoms with van der Waals surface area (Å²) in [6.45, 7) is 7.19. The van der Waals surface area contributed by atoms with E-state index < -0.39 is 0 Å². The summed E-state index contributed by atoms with van der Waals surface area (Å²) < 4.78 is 0. The molecule has 2 bridgehead atoms. The van der Waals surface area contributed by atoms with Gasteiger partial charge < -0.3 is 0 Å². The second-order valence-electron chi connectivity index (χ2n) is 6.39. The Morgan fingerprint density at radius 1 is 0.824 bits per heavy atom. The SMILES string of the molecule is B1C2CCCC1CCC2.CC[BH-](CC)CC.[Li+]. The standard InChI is InChI=1S/C8H15B.C6H16B.Li/c1-3-7-5-2-6-8(4-1)9-7;1-4-7(5-2)6-3;/h7-9H,1-6H2;7H,4-6H2,1-3H3;/q;-1;+1. The summed E-state index contributed by atoms with van der Waals surface area (Å²) in [5.41, 5.74) is 0. The monoisotopic (exact) mass is 228 g/mol. The van der Waals surface area contributed by atoms with Crippen molar-refractivity contribution in [1.29, 1.82) is 0 Å². The molecule has 0 aromatic heterocycles.